The zero-order valence-electron chi connectivity index (χ0n) is 10.3. The van der Waals surface area contributed by atoms with Crippen LogP contribution in [0.3, 0.4) is 0 Å². The molecule has 100 valence electrons. The van der Waals surface area contributed by atoms with E-state index in [9.17, 15) is 8.42 Å². The number of guanidine groups is 1. The lowest BCUT2D eigenvalue weighted by atomic mass is 10.1. The van der Waals surface area contributed by atoms with E-state index in [-0.39, 0.29) is 29.4 Å². The number of likely N-dealkylation sites (N-methyl/N-ethyl adjacent to an activating group) is 1. The number of rotatable bonds is 4. The van der Waals surface area contributed by atoms with Gasteiger partial charge in [0.05, 0.1) is 12.3 Å². The molecule has 1 saturated carbocycles. The number of hydrogen-bond donors (Lipinski definition) is 1. The zero-order chi connectivity index (χ0) is 11.8. The molecule has 0 saturated heterocycles. The van der Waals surface area contributed by atoms with Gasteiger partial charge in [0.15, 0.2) is 5.96 Å². The van der Waals surface area contributed by atoms with Crippen LogP contribution in [0, 0.1) is 5.41 Å². The van der Waals surface area contributed by atoms with Crippen LogP contribution < -0.4 is 5.32 Å². The molecule has 5 nitrogen and oxygen atoms in total. The molecule has 0 aromatic rings. The summed E-state index contributed by atoms with van der Waals surface area (Å²) in [5.41, 5.74) is -0.0282. The first-order valence-electron chi connectivity index (χ1n) is 5.57. The number of nitrogens with one attached hydrogen (secondary N) is 1. The van der Waals surface area contributed by atoms with Gasteiger partial charge in [-0.25, -0.2) is 8.42 Å². The quantitative estimate of drug-likeness (QED) is 0.722. The van der Waals surface area contributed by atoms with E-state index in [2.05, 4.69) is 15.2 Å². The highest BCUT2D eigenvalue weighted by molar-refractivity contribution is 14.0. The Labute approximate surface area is 120 Å². The van der Waals surface area contributed by atoms with Crippen LogP contribution >= 0.6 is 24.0 Å². The molecule has 1 aliphatic carbocycles. The molecule has 0 spiro atoms. The lowest BCUT2D eigenvalue weighted by Crippen LogP contribution is -2.40. The molecule has 0 aromatic carbocycles. The van der Waals surface area contributed by atoms with Gasteiger partial charge in [0.25, 0.3) is 0 Å². The Morgan fingerprint density at radius 3 is 2.53 bits per heavy atom. The third-order valence-electron chi connectivity index (χ3n) is 3.21. The molecule has 1 aliphatic heterocycles. The molecule has 0 unspecified atom stereocenters. The van der Waals surface area contributed by atoms with Gasteiger partial charge in [-0.15, -0.1) is 24.0 Å². The monoisotopic (exact) mass is 373 g/mol. The van der Waals surface area contributed by atoms with Crippen LogP contribution in [0.15, 0.2) is 4.99 Å². The lowest BCUT2D eigenvalue weighted by Gasteiger charge is -2.19. The minimum atomic E-state index is -2.87. The molecule has 0 radical (unpaired) electrons. The van der Waals surface area contributed by atoms with E-state index in [1.165, 1.54) is 6.26 Å². The Bertz CT molecular complexity index is 404. The number of aliphatic imine (C=N–C) groups is 1. The van der Waals surface area contributed by atoms with Gasteiger partial charge >= 0.3 is 0 Å². The fourth-order valence-corrected chi connectivity index (χ4v) is 3.60. The molecule has 0 aromatic heterocycles. The smallest absolute Gasteiger partial charge is 0.193 e. The van der Waals surface area contributed by atoms with Gasteiger partial charge in [-0.05, 0) is 12.8 Å². The molecule has 1 N–H and O–H groups in total. The molecule has 1 heterocycles. The summed E-state index contributed by atoms with van der Waals surface area (Å²) in [6.07, 6.45) is 3.32. The summed E-state index contributed by atoms with van der Waals surface area (Å²) in [5.74, 6) is 1.20. The first-order chi connectivity index (χ1) is 7.40. The zero-order valence-corrected chi connectivity index (χ0v) is 13.4. The third-order valence-corrected chi connectivity index (χ3v) is 4.34. The van der Waals surface area contributed by atoms with Crippen molar-refractivity contribution in [3.05, 3.63) is 0 Å². The van der Waals surface area contributed by atoms with Crippen molar-refractivity contribution in [3.8, 4) is 0 Å². The fourth-order valence-electron chi connectivity index (χ4n) is 2.10. The van der Waals surface area contributed by atoms with Crippen molar-refractivity contribution in [1.29, 1.82) is 0 Å². The standard InChI is InChI=1S/C10H19N3O2S.HI/c1-13-6-5-11-9(13)12-7-10(3-4-10)8-16(2,14)15;/h3-8H2,1-2H3,(H,11,12);1H. The molecule has 17 heavy (non-hydrogen) atoms. The average molecular weight is 373 g/mol. The van der Waals surface area contributed by atoms with Crippen molar-refractivity contribution < 1.29 is 8.42 Å². The van der Waals surface area contributed by atoms with Gasteiger partial charge in [0, 0.05) is 31.8 Å². The predicted molar refractivity (Wildman–Crippen MR) is 79.7 cm³/mol. The van der Waals surface area contributed by atoms with Gasteiger partial charge in [0.1, 0.15) is 9.84 Å². The van der Waals surface area contributed by atoms with Crippen LogP contribution in [-0.4, -0.2) is 58.0 Å². The minimum Gasteiger partial charge on any atom is -0.356 e. The van der Waals surface area contributed by atoms with Crippen LogP contribution in [0.4, 0.5) is 0 Å². The second-order valence-corrected chi connectivity index (χ2v) is 7.19. The number of hydrogen-bond acceptors (Lipinski definition) is 5. The summed E-state index contributed by atoms with van der Waals surface area (Å²) < 4.78 is 22.6. The summed E-state index contributed by atoms with van der Waals surface area (Å²) in [4.78, 5) is 6.39. The van der Waals surface area contributed by atoms with Crippen LogP contribution in [0.5, 0.6) is 0 Å². The molecular formula is C10H20IN3O2S. The predicted octanol–water partition coefficient (Wildman–Crippen LogP) is 0.320. The molecule has 1 fully saturated rings. The SMILES string of the molecule is CN1CCN=C1NCC1(CS(C)(=O)=O)CC1.I. The Hall–Kier alpha value is -0.0500. The van der Waals surface area contributed by atoms with Crippen molar-refractivity contribution in [1.82, 2.24) is 10.2 Å². The maximum Gasteiger partial charge on any atom is 0.193 e. The second-order valence-electron chi connectivity index (χ2n) is 5.05. The topological polar surface area (TPSA) is 61.8 Å². The van der Waals surface area contributed by atoms with Crippen LogP contribution in [0.2, 0.25) is 0 Å². The van der Waals surface area contributed by atoms with Crippen molar-refractivity contribution in [2.45, 2.75) is 12.8 Å². The Kier molecular flexibility index (Phi) is 4.67. The van der Waals surface area contributed by atoms with Crippen LogP contribution in [0.1, 0.15) is 12.8 Å². The average Bonchev–Trinajstić information content (AvgIpc) is 2.75. The van der Waals surface area contributed by atoms with E-state index < -0.39 is 9.84 Å². The normalized spacial score (nSPS) is 21.8. The highest BCUT2D eigenvalue weighted by Gasteiger charge is 2.45. The summed E-state index contributed by atoms with van der Waals surface area (Å²) >= 11 is 0. The lowest BCUT2D eigenvalue weighted by molar-refractivity contribution is 0.495. The van der Waals surface area contributed by atoms with E-state index in [1.807, 2.05) is 7.05 Å². The van der Waals surface area contributed by atoms with E-state index in [0.29, 0.717) is 5.75 Å². The van der Waals surface area contributed by atoms with Gasteiger partial charge in [-0.2, -0.15) is 0 Å². The molecule has 2 rings (SSSR count). The number of nitrogens with zero attached hydrogens (tertiary/aromatic N) is 2. The van der Waals surface area contributed by atoms with Crippen LogP contribution in [-0.2, 0) is 9.84 Å². The van der Waals surface area contributed by atoms with E-state index in [4.69, 9.17) is 0 Å². The van der Waals surface area contributed by atoms with E-state index in [1.54, 1.807) is 0 Å². The number of sulfone groups is 1. The minimum absolute atomic E-state index is 0. The van der Waals surface area contributed by atoms with E-state index >= 15 is 0 Å². The van der Waals surface area contributed by atoms with Gasteiger partial charge in [-0.3, -0.25) is 4.99 Å². The largest absolute Gasteiger partial charge is 0.356 e. The van der Waals surface area contributed by atoms with Gasteiger partial charge in [0.2, 0.25) is 0 Å². The van der Waals surface area contributed by atoms with E-state index in [0.717, 1.165) is 38.4 Å². The fraction of sp³-hybridized carbons (Fsp3) is 0.900. The first-order valence-corrected chi connectivity index (χ1v) is 7.64. The molecule has 0 bridgehead atoms. The molecule has 2 aliphatic rings. The molecule has 0 amide bonds. The maximum absolute atomic E-state index is 11.3. The molecular weight excluding hydrogens is 353 g/mol. The summed E-state index contributed by atoms with van der Waals surface area (Å²) in [6, 6.07) is 0. The highest BCUT2D eigenvalue weighted by atomic mass is 127. The highest BCUT2D eigenvalue weighted by Crippen LogP contribution is 2.46. The molecule has 7 heteroatoms. The Morgan fingerprint density at radius 1 is 1.47 bits per heavy atom. The summed E-state index contributed by atoms with van der Waals surface area (Å²) in [5, 5.41) is 3.27. The summed E-state index contributed by atoms with van der Waals surface area (Å²) in [7, 11) is -0.877. The number of halogens is 1. The Balaban J connectivity index is 0.00000144. The van der Waals surface area contributed by atoms with Crippen molar-refractivity contribution in [2.75, 3.05) is 38.7 Å². The Morgan fingerprint density at radius 2 is 2.12 bits per heavy atom. The van der Waals surface area contributed by atoms with Gasteiger partial charge in [-0.1, -0.05) is 0 Å². The van der Waals surface area contributed by atoms with Crippen molar-refractivity contribution in [3.63, 3.8) is 0 Å². The summed E-state index contributed by atoms with van der Waals surface area (Å²) in [6.45, 7) is 2.50. The van der Waals surface area contributed by atoms with Crippen molar-refractivity contribution in [2.24, 2.45) is 10.4 Å². The maximum atomic E-state index is 11.3. The van der Waals surface area contributed by atoms with Crippen LogP contribution in [0.25, 0.3) is 0 Å². The third kappa shape index (κ3) is 4.27. The molecule has 0 atom stereocenters. The van der Waals surface area contributed by atoms with Crippen molar-refractivity contribution >= 4 is 39.8 Å². The second kappa shape index (κ2) is 5.29. The van der Waals surface area contributed by atoms with Gasteiger partial charge < -0.3 is 10.2 Å². The first kappa shape index (κ1) is 15.0.